The number of aryl methyl sites for hydroxylation is 1. The molecule has 22 heteroatoms. The molecule has 0 saturated carbocycles. The molecule has 21 nitrogen and oxygen atoms in total. The molecule has 76 heavy (non-hydrogen) atoms. The third-order valence-electron chi connectivity index (χ3n) is 14.4. The van der Waals surface area contributed by atoms with E-state index in [9.17, 15) is 57.8 Å². The number of aliphatic hydroxyl groups is 1. The fraction of sp³-hybridized carbons (Fsp3) is 0.407. The molecule has 0 unspecified atom stereocenters. The van der Waals surface area contributed by atoms with Crippen molar-refractivity contribution in [2.24, 2.45) is 0 Å². The molecule has 398 valence electrons. The maximum absolute atomic E-state index is 15.4. The third-order valence-corrected chi connectivity index (χ3v) is 14.4. The van der Waals surface area contributed by atoms with Crippen molar-refractivity contribution >= 4 is 69.9 Å². The number of cyclic esters (lactones) is 1. The predicted molar refractivity (Wildman–Crippen MR) is 266 cm³/mol. The Morgan fingerprint density at radius 3 is 2.32 bits per heavy atom. The van der Waals surface area contributed by atoms with E-state index in [1.165, 1.54) is 10.6 Å². The summed E-state index contributed by atoms with van der Waals surface area (Å²) in [5.74, 6) is -7.65. The van der Waals surface area contributed by atoms with Gasteiger partial charge in [0.25, 0.3) is 17.4 Å². The average molecular weight is 1050 g/mol. The minimum Gasteiger partial charge on any atom is -0.481 e. The molecule has 0 fully saturated rings. The zero-order valence-corrected chi connectivity index (χ0v) is 41.8. The summed E-state index contributed by atoms with van der Waals surface area (Å²) in [7, 11) is 0. The van der Waals surface area contributed by atoms with Crippen molar-refractivity contribution in [3.8, 4) is 11.4 Å². The highest BCUT2D eigenvalue weighted by molar-refractivity contribution is 6.15. The molecule has 2 aromatic carbocycles. The Morgan fingerprint density at radius 1 is 0.882 bits per heavy atom. The van der Waals surface area contributed by atoms with Crippen LogP contribution in [0.15, 0.2) is 59.4 Å². The van der Waals surface area contributed by atoms with Crippen LogP contribution >= 0.6 is 0 Å². The second-order valence-corrected chi connectivity index (χ2v) is 19.3. The number of rotatable bonds is 23. The number of ether oxygens (including phenoxy) is 1. The summed E-state index contributed by atoms with van der Waals surface area (Å²) in [5, 5.41) is 31.9. The van der Waals surface area contributed by atoms with E-state index in [-0.39, 0.29) is 94.5 Å². The number of carbonyl (C=O) groups is 10. The number of aromatic nitrogens is 2. The number of pyridine rings is 2. The summed E-state index contributed by atoms with van der Waals surface area (Å²) in [6.45, 7) is 2.55. The summed E-state index contributed by atoms with van der Waals surface area (Å²) in [6, 6.07) is 8.59. The number of nitrogens with zero attached hydrogens (tertiary/aromatic N) is 3. The van der Waals surface area contributed by atoms with E-state index in [2.05, 4.69) is 21.3 Å². The van der Waals surface area contributed by atoms with Crippen LogP contribution in [0.3, 0.4) is 0 Å². The first-order valence-electron chi connectivity index (χ1n) is 25.1. The highest BCUT2D eigenvalue weighted by atomic mass is 19.1. The Hall–Kier alpha value is -8.27. The first-order valence-corrected chi connectivity index (χ1v) is 25.1. The van der Waals surface area contributed by atoms with Crippen LogP contribution in [0.4, 0.5) is 4.39 Å². The molecule has 8 rings (SSSR count). The molecule has 3 aliphatic heterocycles. The normalized spacial score (nSPS) is 17.8. The topological polar surface area (TPSA) is 307 Å². The number of hydrogen-bond acceptors (Lipinski definition) is 14. The summed E-state index contributed by atoms with van der Waals surface area (Å²) >= 11 is 0. The van der Waals surface area contributed by atoms with Crippen LogP contribution in [0.25, 0.3) is 22.3 Å². The Kier molecular flexibility index (Phi) is 16.1. The minimum atomic E-state index is -2.05. The van der Waals surface area contributed by atoms with E-state index < -0.39 is 101 Å². The fourth-order valence-electron chi connectivity index (χ4n) is 10.3. The maximum atomic E-state index is 15.4. The van der Waals surface area contributed by atoms with Gasteiger partial charge in [-0.05, 0) is 73.8 Å². The summed E-state index contributed by atoms with van der Waals surface area (Å²) in [6.07, 6.45) is 0.846. The zero-order chi connectivity index (χ0) is 54.6. The van der Waals surface area contributed by atoms with Gasteiger partial charge in [-0.15, -0.1) is 0 Å². The van der Waals surface area contributed by atoms with Crippen LogP contribution in [-0.4, -0.2) is 109 Å². The number of carboxylic acid groups (broad SMARTS) is 1. The molecule has 1 aliphatic carbocycles. The second kappa shape index (κ2) is 22.7. The molecule has 4 atom stereocenters. The number of carboxylic acids is 1. The van der Waals surface area contributed by atoms with Gasteiger partial charge in [0, 0.05) is 79.8 Å². The molecule has 2 aromatic heterocycles. The van der Waals surface area contributed by atoms with Crippen LogP contribution in [0.1, 0.15) is 116 Å². The van der Waals surface area contributed by atoms with Crippen molar-refractivity contribution in [3.63, 3.8) is 0 Å². The molecule has 4 aromatic rings. The molecule has 0 radical (unpaired) electrons. The number of aliphatic carboxylic acids is 1. The summed E-state index contributed by atoms with van der Waals surface area (Å²) < 4.78 is 22.1. The third kappa shape index (κ3) is 11.2. The van der Waals surface area contributed by atoms with E-state index in [4.69, 9.17) is 14.8 Å². The van der Waals surface area contributed by atoms with Gasteiger partial charge in [0.2, 0.25) is 23.6 Å². The lowest BCUT2D eigenvalue weighted by atomic mass is 9.81. The monoisotopic (exact) mass is 1050 g/mol. The van der Waals surface area contributed by atoms with Gasteiger partial charge >= 0.3 is 11.9 Å². The van der Waals surface area contributed by atoms with Crippen molar-refractivity contribution in [2.75, 3.05) is 13.1 Å². The molecule has 0 saturated heterocycles. The van der Waals surface area contributed by atoms with Crippen LogP contribution in [0, 0.1) is 12.7 Å². The van der Waals surface area contributed by atoms with Gasteiger partial charge in [-0.2, -0.15) is 0 Å². The summed E-state index contributed by atoms with van der Waals surface area (Å²) in [5.41, 5.74) is 2.08. The fourth-order valence-corrected chi connectivity index (χ4v) is 10.3. The van der Waals surface area contributed by atoms with E-state index >= 15 is 4.39 Å². The molecule has 4 aliphatic rings. The number of esters is 1. The molecule has 0 spiro atoms. The van der Waals surface area contributed by atoms with Gasteiger partial charge in [-0.25, -0.2) is 14.2 Å². The van der Waals surface area contributed by atoms with E-state index in [0.29, 0.717) is 62.3 Å². The number of benzene rings is 2. The van der Waals surface area contributed by atoms with Crippen molar-refractivity contribution in [3.05, 3.63) is 110 Å². The number of hydrogen-bond donors (Lipinski definition) is 6. The Balaban J connectivity index is 0.838. The van der Waals surface area contributed by atoms with Gasteiger partial charge in [0.05, 0.1) is 47.6 Å². The quantitative estimate of drug-likeness (QED) is 0.0311. The van der Waals surface area contributed by atoms with Gasteiger partial charge in [0.1, 0.15) is 18.5 Å². The molecule has 0 bridgehead atoms. The minimum absolute atomic E-state index is 0.00314. The first kappa shape index (κ1) is 54.0. The number of ketones is 2. The lowest BCUT2D eigenvalue weighted by Crippen LogP contribution is -2.50. The number of fused-ring (bicyclic) bond motifs is 5. The van der Waals surface area contributed by atoms with Gasteiger partial charge < -0.3 is 40.8 Å². The van der Waals surface area contributed by atoms with Crippen molar-refractivity contribution in [2.45, 2.75) is 128 Å². The molecule has 6 N–H and O–H groups in total. The number of nitrogens with one attached hydrogen (secondary N) is 4. The Bertz CT molecular complexity index is 3190. The predicted octanol–water partition coefficient (Wildman–Crippen LogP) is 2.23. The lowest BCUT2D eigenvalue weighted by Gasteiger charge is -2.31. The standard InChI is InChI=1S/C54H56FN7O14/c1-3-54(75)34-23-40-50-32(26-61(40)52(73)33(34)27-76-53(54)74)49-36(13-12-31-28(2)35(55)24-38(60-50)48(31)49)58-43(66)10-7-21-56-42(65)17-15-41(64)37(22-29-8-5-4-6-9-29)59-44(67)16-11-30(63)25-57-51(72)39(14-20-47(70)71)62-45(68)18-19-46(62)69/h4-6,8-9,18-19,23-24,36-37,39,75H,3,7,10-17,20-22,25-27H2,1-2H3,(H,56,65)(H,57,72)(H,58,66)(H,59,67)(H,70,71)/t36-,37-,39-,54-/m0/s1. The lowest BCUT2D eigenvalue weighted by molar-refractivity contribution is -0.172. The number of carbonyl (C=O) groups excluding carboxylic acids is 9. The second-order valence-electron chi connectivity index (χ2n) is 19.3. The number of halogens is 1. The molecule has 5 heterocycles. The molecular formula is C54H56FN7O14. The highest BCUT2D eigenvalue weighted by Gasteiger charge is 2.46. The average Bonchev–Trinajstić information content (AvgIpc) is 3.96. The van der Waals surface area contributed by atoms with E-state index in [1.54, 1.807) is 50.2 Å². The molecular weight excluding hydrogens is 990 g/mol. The van der Waals surface area contributed by atoms with Gasteiger partial charge in [-0.1, -0.05) is 37.3 Å². The van der Waals surface area contributed by atoms with Gasteiger partial charge in [0.15, 0.2) is 17.2 Å². The van der Waals surface area contributed by atoms with Crippen molar-refractivity contribution in [1.29, 1.82) is 0 Å². The smallest absolute Gasteiger partial charge is 0.343 e. The zero-order valence-electron chi connectivity index (χ0n) is 41.8. The van der Waals surface area contributed by atoms with Crippen molar-refractivity contribution < 1.29 is 67.3 Å². The van der Waals surface area contributed by atoms with E-state index in [0.717, 1.165) is 17.7 Å². The van der Waals surface area contributed by atoms with Crippen LogP contribution in [0.2, 0.25) is 0 Å². The van der Waals surface area contributed by atoms with E-state index in [1.807, 2.05) is 0 Å². The highest BCUT2D eigenvalue weighted by Crippen LogP contribution is 2.46. The maximum Gasteiger partial charge on any atom is 0.343 e. The number of Topliss-reactive ketones (excluding diaryl/α,β-unsaturated/α-hetero) is 2. The molecule has 6 amide bonds. The van der Waals surface area contributed by atoms with Crippen LogP contribution in [0.5, 0.6) is 0 Å². The largest absolute Gasteiger partial charge is 0.481 e. The number of imide groups is 1. The Morgan fingerprint density at radius 2 is 1.61 bits per heavy atom. The SMILES string of the molecule is CC[C@@]1(O)C(=O)OCc2c1cc1n(c2=O)Cc2c-1nc1cc(F)c(C)c3c1c2[C@@H](NC(=O)CCCNC(=O)CCC(=O)[C@H](Cc1ccccc1)NC(=O)CCC(=O)CNC(=O)[C@H](CCC(=O)O)N1C(=O)C=CC1=O)CC3. The van der Waals surface area contributed by atoms with Gasteiger partial charge in [-0.3, -0.25) is 52.8 Å². The Labute approximate surface area is 433 Å². The van der Waals surface area contributed by atoms with Crippen molar-refractivity contribution in [1.82, 2.24) is 35.7 Å². The van der Waals surface area contributed by atoms with Crippen LogP contribution in [-0.2, 0) is 84.3 Å². The number of amides is 6. The first-order chi connectivity index (χ1) is 36.3. The summed E-state index contributed by atoms with van der Waals surface area (Å²) in [4.78, 5) is 147. The van der Waals surface area contributed by atoms with Crippen LogP contribution < -0.4 is 26.8 Å².